The Bertz CT molecular complexity index is 787. The number of ether oxygens (including phenoxy) is 1. The van der Waals surface area contributed by atoms with Crippen molar-refractivity contribution < 1.29 is 9.53 Å². The number of nitrogens with one attached hydrogen (secondary N) is 1. The first-order valence-corrected chi connectivity index (χ1v) is 8.72. The molecule has 0 saturated carbocycles. The summed E-state index contributed by atoms with van der Waals surface area (Å²) in [7, 11) is 1.65. The number of fused-ring (bicyclic) bond motifs is 1. The second-order valence-electron chi connectivity index (χ2n) is 6.15. The van der Waals surface area contributed by atoms with E-state index in [0.29, 0.717) is 19.0 Å². The van der Waals surface area contributed by atoms with Gasteiger partial charge in [-0.15, -0.1) is 0 Å². The number of benzene rings is 2. The van der Waals surface area contributed by atoms with Crippen LogP contribution in [0.3, 0.4) is 0 Å². The van der Waals surface area contributed by atoms with E-state index in [4.69, 9.17) is 10.5 Å². The highest BCUT2D eigenvalue weighted by Gasteiger charge is 2.23. The molecule has 0 atom stereocenters. The van der Waals surface area contributed by atoms with Crippen molar-refractivity contribution in [3.05, 3.63) is 59.7 Å². The largest absolute Gasteiger partial charge is 0.497 e. The first kappa shape index (κ1) is 17.8. The molecule has 1 aliphatic heterocycles. The molecule has 0 unspecified atom stereocenters. The number of guanidine groups is 1. The molecule has 3 rings (SSSR count). The number of nitrogens with two attached hydrogens (primary N) is 1. The number of aliphatic imine (C=N–C) groups is 1. The van der Waals surface area contributed by atoms with E-state index in [-0.39, 0.29) is 12.5 Å². The number of hydrogen-bond donors (Lipinski definition) is 2. The predicted molar refractivity (Wildman–Crippen MR) is 104 cm³/mol. The van der Waals surface area contributed by atoms with Crippen molar-refractivity contribution in [3.8, 4) is 5.75 Å². The van der Waals surface area contributed by atoms with Gasteiger partial charge >= 0.3 is 0 Å². The van der Waals surface area contributed by atoms with Crippen LogP contribution in [0.2, 0.25) is 0 Å². The molecule has 2 aromatic rings. The summed E-state index contributed by atoms with van der Waals surface area (Å²) in [6.07, 6.45) is 1.70. The summed E-state index contributed by atoms with van der Waals surface area (Å²) in [5.41, 5.74) is 9.24. The van der Waals surface area contributed by atoms with Crippen LogP contribution in [-0.2, 0) is 17.6 Å². The van der Waals surface area contributed by atoms with E-state index in [0.717, 1.165) is 24.3 Å². The van der Waals surface area contributed by atoms with Gasteiger partial charge in [-0.05, 0) is 42.2 Å². The van der Waals surface area contributed by atoms with E-state index >= 15 is 0 Å². The number of para-hydroxylation sites is 1. The summed E-state index contributed by atoms with van der Waals surface area (Å²) < 4.78 is 5.14. The minimum absolute atomic E-state index is 0.0325. The summed E-state index contributed by atoms with van der Waals surface area (Å²) in [5.74, 6) is 1.10. The summed E-state index contributed by atoms with van der Waals surface area (Å²) in [4.78, 5) is 18.3. The van der Waals surface area contributed by atoms with Crippen molar-refractivity contribution in [1.29, 1.82) is 0 Å². The van der Waals surface area contributed by atoms with Crippen LogP contribution in [0.25, 0.3) is 0 Å². The van der Waals surface area contributed by atoms with Crippen LogP contribution in [0.4, 0.5) is 5.69 Å². The van der Waals surface area contributed by atoms with Crippen molar-refractivity contribution in [2.45, 2.75) is 12.8 Å². The molecule has 0 fully saturated rings. The highest BCUT2D eigenvalue weighted by molar-refractivity contribution is 5.97. The standard InChI is InChI=1S/C20H24N4O2/c1-26-17-8-6-15(7-9-17)10-12-22-20(21)23-14-19(25)24-13-11-16-4-2-3-5-18(16)24/h2-9H,10-14H2,1H3,(H3,21,22,23). The maximum atomic E-state index is 12.4. The molecule has 3 N–H and O–H groups in total. The first-order valence-electron chi connectivity index (χ1n) is 8.72. The summed E-state index contributed by atoms with van der Waals surface area (Å²) >= 11 is 0. The van der Waals surface area contributed by atoms with Crippen molar-refractivity contribution in [3.63, 3.8) is 0 Å². The lowest BCUT2D eigenvalue weighted by atomic mass is 10.1. The Morgan fingerprint density at radius 2 is 2.00 bits per heavy atom. The van der Waals surface area contributed by atoms with Crippen LogP contribution in [0.15, 0.2) is 53.5 Å². The summed E-state index contributed by atoms with van der Waals surface area (Å²) in [6, 6.07) is 15.9. The zero-order valence-electron chi connectivity index (χ0n) is 14.9. The van der Waals surface area contributed by atoms with Crippen LogP contribution in [0.5, 0.6) is 5.75 Å². The van der Waals surface area contributed by atoms with Gasteiger partial charge in [-0.2, -0.15) is 0 Å². The van der Waals surface area contributed by atoms with E-state index in [9.17, 15) is 4.79 Å². The average molecular weight is 352 g/mol. The first-order chi connectivity index (χ1) is 12.7. The lowest BCUT2D eigenvalue weighted by Crippen LogP contribution is -2.36. The minimum atomic E-state index is -0.0325. The molecular formula is C20H24N4O2. The topological polar surface area (TPSA) is 80.0 Å². The Kier molecular flexibility index (Phi) is 5.73. The fourth-order valence-corrected chi connectivity index (χ4v) is 3.02. The Balaban J connectivity index is 1.45. The lowest BCUT2D eigenvalue weighted by Gasteiger charge is -2.16. The normalized spacial score (nSPS) is 13.4. The van der Waals surface area contributed by atoms with Gasteiger partial charge in [-0.1, -0.05) is 30.3 Å². The van der Waals surface area contributed by atoms with Crippen LogP contribution in [0.1, 0.15) is 11.1 Å². The Morgan fingerprint density at radius 3 is 2.77 bits per heavy atom. The second kappa shape index (κ2) is 8.38. The SMILES string of the molecule is COc1ccc(CCNC(N)=NCC(=O)N2CCc3ccccc32)cc1. The predicted octanol–water partition coefficient (Wildman–Crippen LogP) is 1.73. The monoisotopic (exact) mass is 352 g/mol. The Hall–Kier alpha value is -3.02. The quantitative estimate of drug-likeness (QED) is 0.613. The minimum Gasteiger partial charge on any atom is -0.497 e. The van der Waals surface area contributed by atoms with E-state index < -0.39 is 0 Å². The van der Waals surface area contributed by atoms with Crippen molar-refractivity contribution in [2.24, 2.45) is 10.7 Å². The van der Waals surface area contributed by atoms with E-state index in [1.54, 1.807) is 12.0 Å². The molecule has 1 aliphatic rings. The summed E-state index contributed by atoms with van der Waals surface area (Å²) in [6.45, 7) is 1.41. The average Bonchev–Trinajstić information content (AvgIpc) is 3.11. The molecule has 0 radical (unpaired) electrons. The molecule has 6 nitrogen and oxygen atoms in total. The van der Waals surface area contributed by atoms with Crippen LogP contribution in [-0.4, -0.2) is 38.6 Å². The van der Waals surface area contributed by atoms with Gasteiger partial charge in [-0.25, -0.2) is 4.99 Å². The van der Waals surface area contributed by atoms with Crippen molar-refractivity contribution in [1.82, 2.24) is 5.32 Å². The molecule has 6 heteroatoms. The van der Waals surface area contributed by atoms with Gasteiger partial charge in [0.1, 0.15) is 12.3 Å². The molecule has 0 spiro atoms. The molecular weight excluding hydrogens is 328 g/mol. The van der Waals surface area contributed by atoms with Gasteiger partial charge in [0.25, 0.3) is 0 Å². The smallest absolute Gasteiger partial charge is 0.248 e. The molecule has 1 amide bonds. The van der Waals surface area contributed by atoms with Gasteiger partial charge in [0.2, 0.25) is 5.91 Å². The van der Waals surface area contributed by atoms with Gasteiger partial charge < -0.3 is 20.7 Å². The second-order valence-corrected chi connectivity index (χ2v) is 6.15. The van der Waals surface area contributed by atoms with Gasteiger partial charge in [0.15, 0.2) is 5.96 Å². The molecule has 26 heavy (non-hydrogen) atoms. The van der Waals surface area contributed by atoms with Gasteiger partial charge in [0.05, 0.1) is 7.11 Å². The number of carbonyl (C=O) groups excluding carboxylic acids is 1. The molecule has 1 heterocycles. The number of carbonyl (C=O) groups is 1. The molecule has 0 aromatic heterocycles. The fourth-order valence-electron chi connectivity index (χ4n) is 3.02. The van der Waals surface area contributed by atoms with E-state index in [1.807, 2.05) is 42.5 Å². The number of amides is 1. The third kappa shape index (κ3) is 4.33. The molecule has 2 aromatic carbocycles. The molecule has 0 aliphatic carbocycles. The zero-order chi connectivity index (χ0) is 18.4. The number of methoxy groups -OCH3 is 1. The highest BCUT2D eigenvalue weighted by atomic mass is 16.5. The Labute approximate surface area is 153 Å². The zero-order valence-corrected chi connectivity index (χ0v) is 14.9. The maximum absolute atomic E-state index is 12.4. The van der Waals surface area contributed by atoms with Crippen LogP contribution < -0.4 is 20.7 Å². The molecule has 0 bridgehead atoms. The third-order valence-corrected chi connectivity index (χ3v) is 4.45. The summed E-state index contributed by atoms with van der Waals surface area (Å²) in [5, 5.41) is 3.05. The van der Waals surface area contributed by atoms with E-state index in [2.05, 4.69) is 16.4 Å². The van der Waals surface area contributed by atoms with Gasteiger partial charge in [0, 0.05) is 18.8 Å². The number of anilines is 1. The van der Waals surface area contributed by atoms with Crippen molar-refractivity contribution in [2.75, 3.05) is 31.6 Å². The molecule has 136 valence electrons. The fraction of sp³-hybridized carbons (Fsp3) is 0.300. The van der Waals surface area contributed by atoms with Crippen molar-refractivity contribution >= 4 is 17.6 Å². The number of nitrogens with zero attached hydrogens (tertiary/aromatic N) is 2. The lowest BCUT2D eigenvalue weighted by molar-refractivity contribution is -0.117. The third-order valence-electron chi connectivity index (χ3n) is 4.45. The molecule has 0 saturated heterocycles. The highest BCUT2D eigenvalue weighted by Crippen LogP contribution is 2.27. The van der Waals surface area contributed by atoms with Gasteiger partial charge in [-0.3, -0.25) is 4.79 Å². The maximum Gasteiger partial charge on any atom is 0.248 e. The van der Waals surface area contributed by atoms with Crippen LogP contribution >= 0.6 is 0 Å². The van der Waals surface area contributed by atoms with Crippen LogP contribution in [0, 0.1) is 0 Å². The number of hydrogen-bond acceptors (Lipinski definition) is 3. The van der Waals surface area contributed by atoms with E-state index in [1.165, 1.54) is 11.1 Å². The Morgan fingerprint density at radius 1 is 1.23 bits per heavy atom. The number of rotatable bonds is 6.